The highest BCUT2D eigenvalue weighted by molar-refractivity contribution is 7.16. The van der Waals surface area contributed by atoms with E-state index in [0.29, 0.717) is 0 Å². The van der Waals surface area contributed by atoms with Crippen molar-refractivity contribution in [3.63, 3.8) is 0 Å². The molecule has 0 N–H and O–H groups in total. The van der Waals surface area contributed by atoms with Crippen LogP contribution in [0.25, 0.3) is 0 Å². The second kappa shape index (κ2) is 8.80. The molecule has 0 aromatic carbocycles. The van der Waals surface area contributed by atoms with E-state index in [1.165, 1.54) is 77.0 Å². The molecule has 13 rings (SSSR count). The van der Waals surface area contributed by atoms with Gasteiger partial charge < -0.3 is 0 Å². The van der Waals surface area contributed by atoms with Gasteiger partial charge in [0.2, 0.25) is 0 Å². The molecular weight excluding hydrogens is 697 g/mol. The van der Waals surface area contributed by atoms with E-state index in [2.05, 4.69) is 141 Å². The topological polar surface area (TPSA) is 0 Å². The highest BCUT2D eigenvalue weighted by atomic mass is 32.1. The second-order valence-corrected chi connectivity index (χ2v) is 23.0. The average Bonchev–Trinajstić information content (AvgIpc) is 3.97. The molecule has 0 unspecified atom stereocenters. The molecule has 6 heteroatoms. The molecule has 6 aromatic heterocycles. The monoisotopic (exact) mass is 732 g/mol. The Hall–Kier alpha value is -1.80. The van der Waals surface area contributed by atoms with Gasteiger partial charge in [-0.2, -0.15) is 0 Å². The molecule has 0 amide bonds. The molecule has 7 heterocycles. The predicted octanol–water partition coefficient (Wildman–Crippen LogP) is 12.8. The summed E-state index contributed by atoms with van der Waals surface area (Å²) in [6.45, 7) is 0. The Balaban J connectivity index is 0.962. The zero-order valence-electron chi connectivity index (χ0n) is 26.9. The zero-order valence-corrected chi connectivity index (χ0v) is 31.8. The lowest BCUT2D eigenvalue weighted by atomic mass is 9.99. The van der Waals surface area contributed by atoms with E-state index in [1.807, 2.05) is 0 Å². The smallest absolute Gasteiger partial charge is 0.0391 e. The molecule has 6 spiro atoms. The van der Waals surface area contributed by atoms with Crippen LogP contribution in [-0.2, 0) is 32.5 Å². The third-order valence-electron chi connectivity index (χ3n) is 13.8. The highest BCUT2D eigenvalue weighted by Gasteiger charge is 2.57. The lowest BCUT2D eigenvalue weighted by Crippen LogP contribution is -2.06. The summed E-state index contributed by atoms with van der Waals surface area (Å²) >= 11 is 13.0. The minimum Gasteiger partial charge on any atom is -0.143 e. The van der Waals surface area contributed by atoms with Crippen LogP contribution in [-0.4, -0.2) is 0 Å². The van der Waals surface area contributed by atoms with Crippen molar-refractivity contribution in [2.45, 2.75) is 110 Å². The Morgan fingerprint density at radius 3 is 0.396 bits per heavy atom. The van der Waals surface area contributed by atoms with Crippen LogP contribution < -0.4 is 0 Å². The van der Waals surface area contributed by atoms with Gasteiger partial charge in [-0.3, -0.25) is 0 Å². The minimum atomic E-state index is 0.274. The Bertz CT molecular complexity index is 1750. The molecule has 6 saturated carbocycles. The molecule has 12 bridgehead atoms. The molecule has 6 aromatic rings. The largest absolute Gasteiger partial charge is 0.143 e. The number of hydrogen-bond donors (Lipinski definition) is 0. The van der Waals surface area contributed by atoms with Crippen molar-refractivity contribution in [1.82, 2.24) is 0 Å². The lowest BCUT2D eigenvalue weighted by molar-refractivity contribution is 0.895. The molecule has 7 aliphatic rings. The van der Waals surface area contributed by atoms with Gasteiger partial charge in [0.1, 0.15) is 0 Å². The minimum absolute atomic E-state index is 0.274. The van der Waals surface area contributed by atoms with Crippen LogP contribution in [0.15, 0.2) is 72.8 Å². The fourth-order valence-corrected chi connectivity index (χ4v) is 19.1. The van der Waals surface area contributed by atoms with E-state index >= 15 is 0 Å². The van der Waals surface area contributed by atoms with E-state index in [4.69, 9.17) is 0 Å². The van der Waals surface area contributed by atoms with Crippen LogP contribution in [0.3, 0.4) is 0 Å². The van der Waals surface area contributed by atoms with Crippen molar-refractivity contribution in [3.8, 4) is 0 Å². The second-order valence-electron chi connectivity index (χ2n) is 16.5. The molecule has 48 heavy (non-hydrogen) atoms. The van der Waals surface area contributed by atoms with Gasteiger partial charge in [-0.1, -0.05) is 0 Å². The lowest BCUT2D eigenvalue weighted by Gasteiger charge is -2.16. The summed E-state index contributed by atoms with van der Waals surface area (Å²) in [5.74, 6) is 0. The van der Waals surface area contributed by atoms with Crippen molar-refractivity contribution < 1.29 is 0 Å². The molecule has 240 valence electrons. The first kappa shape index (κ1) is 27.9. The van der Waals surface area contributed by atoms with Crippen LogP contribution in [0.5, 0.6) is 0 Å². The number of thiophene rings is 6. The first-order chi connectivity index (χ1) is 23.5. The molecule has 0 atom stereocenters. The van der Waals surface area contributed by atoms with Crippen LogP contribution in [0.1, 0.15) is 136 Å². The molecule has 6 fully saturated rings. The van der Waals surface area contributed by atoms with Gasteiger partial charge in [-0.05, 0) is 150 Å². The third-order valence-corrected chi connectivity index (χ3v) is 22.8. The van der Waals surface area contributed by atoms with Crippen LogP contribution in [0, 0.1) is 0 Å². The summed E-state index contributed by atoms with van der Waals surface area (Å²) in [7, 11) is 0. The Labute approximate surface area is 306 Å². The van der Waals surface area contributed by atoms with Crippen molar-refractivity contribution in [3.05, 3.63) is 131 Å². The normalized spacial score (nSPS) is 25.5. The van der Waals surface area contributed by atoms with Crippen molar-refractivity contribution in [2.24, 2.45) is 0 Å². The summed E-state index contributed by atoms with van der Waals surface area (Å²) in [6, 6.07) is 30.4. The van der Waals surface area contributed by atoms with Crippen LogP contribution in [0.2, 0.25) is 0 Å². The van der Waals surface area contributed by atoms with E-state index in [1.54, 1.807) is 58.5 Å². The first-order valence-corrected chi connectivity index (χ1v) is 23.1. The van der Waals surface area contributed by atoms with Crippen molar-refractivity contribution >= 4 is 68.0 Å². The first-order valence-electron chi connectivity index (χ1n) is 18.2. The Kier molecular flexibility index (Phi) is 5.11. The standard InChI is InChI=1S/C42H36S6/c1-2-26-38(15-16-38)28-5-6-30(45-28)40(19-20-40)32-9-10-34(47-32)42(23-24-42)36-12-11-35(48-36)41(21-22-41)33-8-7-31(46-33)39(17-18-39)29-4-3-27(44-29)37(13-14-37)25(1)43-26/h1-12H,13-24H2. The Morgan fingerprint density at radius 1 is 0.208 bits per heavy atom. The summed E-state index contributed by atoms with van der Waals surface area (Å²) in [6.07, 6.45) is 15.8. The summed E-state index contributed by atoms with van der Waals surface area (Å²) in [5.41, 5.74) is 1.64. The third kappa shape index (κ3) is 3.47. The van der Waals surface area contributed by atoms with Gasteiger partial charge in [0.15, 0.2) is 0 Å². The molecule has 0 saturated heterocycles. The van der Waals surface area contributed by atoms with Crippen molar-refractivity contribution in [2.75, 3.05) is 0 Å². The van der Waals surface area contributed by atoms with Gasteiger partial charge in [-0.25, -0.2) is 0 Å². The summed E-state index contributed by atoms with van der Waals surface area (Å²) in [5, 5.41) is 0. The van der Waals surface area contributed by atoms with E-state index in [-0.39, 0.29) is 32.5 Å². The number of rotatable bonds is 0. The highest BCUT2D eigenvalue weighted by Crippen LogP contribution is 2.68. The van der Waals surface area contributed by atoms with E-state index in [0.717, 1.165) is 0 Å². The van der Waals surface area contributed by atoms with Gasteiger partial charge in [0.25, 0.3) is 0 Å². The SMILES string of the molecule is c1cc2sc1C1(CC1)c1ccc(s1)C1(CC1)c1ccc(s1)C1(CC1)c1ccc(s1)C1(CC1)c1ccc(s1)C1(CC1)c1ccc(s1)C21CC1. The molecule has 1 aliphatic heterocycles. The number of hydrogen-bond acceptors (Lipinski definition) is 6. The zero-order chi connectivity index (χ0) is 31.1. The quantitative estimate of drug-likeness (QED) is 0.146. The van der Waals surface area contributed by atoms with Gasteiger partial charge in [0, 0.05) is 91.0 Å². The maximum Gasteiger partial charge on any atom is 0.0391 e. The van der Waals surface area contributed by atoms with Gasteiger partial charge in [-0.15, -0.1) is 68.0 Å². The molecule has 6 aliphatic carbocycles. The Morgan fingerprint density at radius 2 is 0.312 bits per heavy atom. The van der Waals surface area contributed by atoms with E-state index < -0.39 is 0 Å². The molecule has 0 nitrogen and oxygen atoms in total. The van der Waals surface area contributed by atoms with Gasteiger partial charge >= 0.3 is 0 Å². The van der Waals surface area contributed by atoms with E-state index in [9.17, 15) is 0 Å². The average molecular weight is 733 g/mol. The molecule has 0 radical (unpaired) electrons. The van der Waals surface area contributed by atoms with Gasteiger partial charge in [0.05, 0.1) is 0 Å². The maximum atomic E-state index is 2.54. The fourth-order valence-electron chi connectivity index (χ4n) is 9.55. The van der Waals surface area contributed by atoms with Crippen LogP contribution >= 0.6 is 68.0 Å². The molecular formula is C42H36S6. The summed E-state index contributed by atoms with van der Waals surface area (Å²) < 4.78 is 0. The fraction of sp³-hybridized carbons (Fsp3) is 0.429. The summed E-state index contributed by atoms with van der Waals surface area (Å²) in [4.78, 5) is 19.6. The number of fused-ring (bicyclic) bond motifs is 24. The van der Waals surface area contributed by atoms with Crippen molar-refractivity contribution in [1.29, 1.82) is 0 Å². The van der Waals surface area contributed by atoms with Crippen LogP contribution in [0.4, 0.5) is 0 Å². The predicted molar refractivity (Wildman–Crippen MR) is 206 cm³/mol. The maximum absolute atomic E-state index is 2.54.